The molecule has 2 aromatic heterocycles. The summed E-state index contributed by atoms with van der Waals surface area (Å²) in [5, 5.41) is 17.3. The molecule has 5 rings (SSSR count). The van der Waals surface area contributed by atoms with Gasteiger partial charge in [0.05, 0.1) is 5.88 Å². The van der Waals surface area contributed by atoms with Crippen LogP contribution in [0.4, 0.5) is 0 Å². The number of aromatic amines is 1. The maximum absolute atomic E-state index is 13.4. The number of amides is 3. The zero-order valence-corrected chi connectivity index (χ0v) is 24.0. The second-order valence-corrected chi connectivity index (χ2v) is 11.4. The molecular formula is C25H25ClN8O5S2. The van der Waals surface area contributed by atoms with Crippen LogP contribution in [0.5, 0.6) is 5.75 Å². The largest absolute Gasteiger partial charge is 0.478 e. The molecule has 3 aromatic rings. The molecular weight excluding hydrogens is 592 g/mol. The number of halogens is 1. The summed E-state index contributed by atoms with van der Waals surface area (Å²) in [5.41, 5.74) is 1.66. The predicted octanol–water partition coefficient (Wildman–Crippen LogP) is 0.950. The summed E-state index contributed by atoms with van der Waals surface area (Å²) in [6.45, 7) is -0.496. The number of benzene rings is 1. The molecule has 0 saturated carbocycles. The molecule has 1 aromatic carbocycles. The predicted molar refractivity (Wildman–Crippen MR) is 152 cm³/mol. The lowest BCUT2D eigenvalue weighted by atomic mass is 10.0. The fraction of sp³-hybridized carbons (Fsp3) is 0.320. The van der Waals surface area contributed by atoms with Crippen molar-refractivity contribution in [2.45, 2.75) is 28.5 Å². The minimum atomic E-state index is -1.08. The summed E-state index contributed by atoms with van der Waals surface area (Å²) in [6, 6.07) is 8.14. The third-order valence-electron chi connectivity index (χ3n) is 6.25. The molecule has 2 unspecified atom stereocenters. The molecule has 0 bridgehead atoms. The molecule has 3 atom stereocenters. The van der Waals surface area contributed by atoms with Crippen molar-refractivity contribution in [1.29, 1.82) is 0 Å². The molecule has 2 aliphatic heterocycles. The first kappa shape index (κ1) is 28.7. The standard InChI is InChI=1S/C25H25ClN8O5S2/c1-33-25(30-31-32-33)41-13-14-10-34-23(38)21(24(34)40-12-14)29-22(37)20(15-5-3-2-4-6-15)28-19(36)11-39-18-9-27-16(8-26)7-17(18)35/h2-7,9-10,20-21,24H,8,11-13H2,1H3,(H,27,35)(H,28,36)(H,29,37)/t20?,21?,24-/m0/s1. The number of rotatable bonds is 11. The number of fused-ring (bicyclic) bond motifs is 1. The van der Waals surface area contributed by atoms with Crippen molar-refractivity contribution in [2.24, 2.45) is 7.05 Å². The molecule has 16 heteroatoms. The number of hydrogen-bond acceptors (Lipinski definition) is 10. The van der Waals surface area contributed by atoms with E-state index in [-0.39, 0.29) is 22.9 Å². The third-order valence-corrected chi connectivity index (χ3v) is 9.03. The van der Waals surface area contributed by atoms with Crippen LogP contribution in [-0.4, -0.2) is 77.3 Å². The molecule has 0 spiro atoms. The van der Waals surface area contributed by atoms with Crippen LogP contribution in [0.3, 0.4) is 0 Å². The lowest BCUT2D eigenvalue weighted by Gasteiger charge is -2.47. The van der Waals surface area contributed by atoms with E-state index in [4.69, 9.17) is 16.3 Å². The lowest BCUT2D eigenvalue weighted by Crippen LogP contribution is -2.69. The quantitative estimate of drug-likeness (QED) is 0.160. The van der Waals surface area contributed by atoms with E-state index >= 15 is 0 Å². The van der Waals surface area contributed by atoms with Crippen molar-refractivity contribution < 1.29 is 19.1 Å². The molecule has 3 N–H and O–H groups in total. The van der Waals surface area contributed by atoms with Gasteiger partial charge >= 0.3 is 0 Å². The van der Waals surface area contributed by atoms with Gasteiger partial charge in [0.15, 0.2) is 12.4 Å². The molecule has 2 aliphatic rings. The highest BCUT2D eigenvalue weighted by Crippen LogP contribution is 2.37. The van der Waals surface area contributed by atoms with E-state index in [1.807, 2.05) is 6.20 Å². The summed E-state index contributed by atoms with van der Waals surface area (Å²) in [7, 11) is 1.76. The molecule has 0 aliphatic carbocycles. The number of ether oxygens (including phenoxy) is 1. The number of pyridine rings is 1. The second kappa shape index (κ2) is 12.8. The minimum Gasteiger partial charge on any atom is -0.478 e. The molecule has 1 saturated heterocycles. The smallest absolute Gasteiger partial charge is 0.258 e. The van der Waals surface area contributed by atoms with E-state index in [9.17, 15) is 19.2 Å². The third kappa shape index (κ3) is 6.57. The first-order valence-corrected chi connectivity index (χ1v) is 14.9. The van der Waals surface area contributed by atoms with Crippen molar-refractivity contribution in [3.8, 4) is 5.75 Å². The first-order valence-electron chi connectivity index (χ1n) is 12.4. The molecule has 3 amide bonds. The number of nitrogens with one attached hydrogen (secondary N) is 3. The van der Waals surface area contributed by atoms with Gasteiger partial charge in [0, 0.05) is 42.7 Å². The van der Waals surface area contributed by atoms with Gasteiger partial charge in [0.25, 0.3) is 11.8 Å². The van der Waals surface area contributed by atoms with Gasteiger partial charge in [-0.05, 0) is 21.6 Å². The van der Waals surface area contributed by atoms with Crippen LogP contribution >= 0.6 is 35.1 Å². The molecule has 4 heterocycles. The number of nitrogens with zero attached hydrogens (tertiary/aromatic N) is 5. The normalized spacial score (nSPS) is 18.5. The first-order chi connectivity index (χ1) is 19.8. The summed E-state index contributed by atoms with van der Waals surface area (Å²) in [5.74, 6) is -0.00746. The van der Waals surface area contributed by atoms with Crippen LogP contribution in [0, 0.1) is 0 Å². The number of carbonyl (C=O) groups excluding carboxylic acids is 3. The molecule has 13 nitrogen and oxygen atoms in total. The van der Waals surface area contributed by atoms with E-state index in [1.54, 1.807) is 58.7 Å². The van der Waals surface area contributed by atoms with Gasteiger partial charge in [-0.3, -0.25) is 19.2 Å². The Morgan fingerprint density at radius 2 is 2.10 bits per heavy atom. The van der Waals surface area contributed by atoms with Crippen LogP contribution in [0.2, 0.25) is 0 Å². The Labute approximate surface area is 247 Å². The van der Waals surface area contributed by atoms with Gasteiger partial charge in [-0.15, -0.1) is 28.5 Å². The van der Waals surface area contributed by atoms with Crippen LogP contribution in [0.25, 0.3) is 0 Å². The van der Waals surface area contributed by atoms with Crippen LogP contribution in [0.1, 0.15) is 17.3 Å². The van der Waals surface area contributed by atoms with Crippen molar-refractivity contribution in [3.05, 3.63) is 75.8 Å². The highest BCUT2D eigenvalue weighted by Gasteiger charge is 2.50. The van der Waals surface area contributed by atoms with Gasteiger partial charge in [-0.2, -0.15) is 0 Å². The van der Waals surface area contributed by atoms with Gasteiger partial charge in [0.2, 0.25) is 16.5 Å². The maximum atomic E-state index is 13.4. The number of aromatic nitrogens is 5. The average molecular weight is 617 g/mol. The number of hydrogen-bond donors (Lipinski definition) is 3. The van der Waals surface area contributed by atoms with Crippen LogP contribution in [-0.2, 0) is 27.3 Å². The Kier molecular flexibility index (Phi) is 8.95. The Hall–Kier alpha value is -3.82. The maximum Gasteiger partial charge on any atom is 0.258 e. The van der Waals surface area contributed by atoms with Crippen molar-refractivity contribution in [1.82, 2.24) is 40.7 Å². The number of alkyl halides is 1. The second-order valence-electron chi connectivity index (χ2n) is 9.11. The van der Waals surface area contributed by atoms with Gasteiger partial charge < -0.3 is 25.3 Å². The zero-order valence-electron chi connectivity index (χ0n) is 21.7. The number of aryl methyl sites for hydroxylation is 1. The van der Waals surface area contributed by atoms with Crippen molar-refractivity contribution in [2.75, 3.05) is 18.1 Å². The number of β-lactam (4-membered cyclic amide) rings is 1. The SMILES string of the molecule is Cn1nnnc1SCC1=CN2C(=O)C(NC(=O)C(NC(=O)COc3c[nH]c(CCl)cc3=O)c3ccccc3)[C@@H]2SC1. The van der Waals surface area contributed by atoms with E-state index in [0.717, 1.165) is 5.57 Å². The summed E-state index contributed by atoms with van der Waals surface area (Å²) in [4.78, 5) is 55.6. The molecule has 0 radical (unpaired) electrons. The summed E-state index contributed by atoms with van der Waals surface area (Å²) in [6.07, 6.45) is 3.15. The van der Waals surface area contributed by atoms with Crippen LogP contribution in [0.15, 0.2) is 64.3 Å². The number of thioether (sulfide) groups is 2. The average Bonchev–Trinajstić information content (AvgIpc) is 3.41. The highest BCUT2D eigenvalue weighted by atomic mass is 35.5. The van der Waals surface area contributed by atoms with E-state index in [0.29, 0.717) is 27.9 Å². The topological polar surface area (TPSA) is 164 Å². The van der Waals surface area contributed by atoms with E-state index in [2.05, 4.69) is 31.1 Å². The van der Waals surface area contributed by atoms with Gasteiger partial charge in [-0.1, -0.05) is 42.1 Å². The van der Waals surface area contributed by atoms with Gasteiger partial charge in [0.1, 0.15) is 17.5 Å². The fourth-order valence-corrected chi connectivity index (χ4v) is 6.51. The molecule has 41 heavy (non-hydrogen) atoms. The van der Waals surface area contributed by atoms with Crippen molar-refractivity contribution >= 4 is 52.8 Å². The molecule has 1 fully saturated rings. The fourth-order valence-electron chi connectivity index (χ4n) is 4.16. The van der Waals surface area contributed by atoms with Gasteiger partial charge in [-0.25, -0.2) is 4.68 Å². The minimum absolute atomic E-state index is 0.0525. The summed E-state index contributed by atoms with van der Waals surface area (Å²) >= 11 is 8.74. The Balaban J connectivity index is 1.20. The number of tetrazole rings is 1. The Bertz CT molecular complexity index is 1530. The monoisotopic (exact) mass is 616 g/mol. The lowest BCUT2D eigenvalue weighted by molar-refractivity contribution is -0.145. The van der Waals surface area contributed by atoms with Crippen LogP contribution < -0.4 is 20.8 Å². The van der Waals surface area contributed by atoms with E-state index in [1.165, 1.54) is 24.0 Å². The number of carbonyl (C=O) groups is 3. The van der Waals surface area contributed by atoms with Crippen molar-refractivity contribution in [3.63, 3.8) is 0 Å². The zero-order chi connectivity index (χ0) is 28.9. The summed E-state index contributed by atoms with van der Waals surface area (Å²) < 4.78 is 6.94. The Morgan fingerprint density at radius 3 is 2.80 bits per heavy atom. The Morgan fingerprint density at radius 1 is 1.29 bits per heavy atom. The molecule has 214 valence electrons. The number of H-pyrrole nitrogens is 1. The van der Waals surface area contributed by atoms with E-state index < -0.39 is 35.9 Å². The highest BCUT2D eigenvalue weighted by molar-refractivity contribution is 8.01.